The van der Waals surface area contributed by atoms with Crippen molar-refractivity contribution in [2.24, 2.45) is 5.41 Å². The van der Waals surface area contributed by atoms with Crippen molar-refractivity contribution in [2.75, 3.05) is 0 Å². The van der Waals surface area contributed by atoms with Crippen LogP contribution in [0.2, 0.25) is 0 Å². The molecule has 1 rings (SSSR count). The maximum absolute atomic E-state index is 6.03. The molecule has 0 aliphatic carbocycles. The summed E-state index contributed by atoms with van der Waals surface area (Å²) in [5.41, 5.74) is 1.60. The van der Waals surface area contributed by atoms with E-state index in [-0.39, 0.29) is 16.6 Å². The Morgan fingerprint density at radius 3 is 1.93 bits per heavy atom. The highest BCUT2D eigenvalue weighted by Gasteiger charge is 2.41. The van der Waals surface area contributed by atoms with Gasteiger partial charge in [0.15, 0.2) is 0 Å². The molecule has 0 aromatic rings. The van der Waals surface area contributed by atoms with Gasteiger partial charge in [0.25, 0.3) is 0 Å². The molecule has 1 saturated heterocycles. The van der Waals surface area contributed by atoms with Crippen LogP contribution in [0.3, 0.4) is 0 Å². The number of rotatable bonds is 0. The van der Waals surface area contributed by atoms with Gasteiger partial charge in [0, 0.05) is 0 Å². The molecule has 1 nitrogen and oxygen atoms in total. The van der Waals surface area contributed by atoms with E-state index in [1.807, 2.05) is 0 Å². The van der Waals surface area contributed by atoms with Crippen molar-refractivity contribution in [2.45, 2.75) is 66.1 Å². The molecular weight excluding hydrogens is 172 g/mol. The highest BCUT2D eigenvalue weighted by Crippen LogP contribution is 2.42. The maximum Gasteiger partial charge on any atom is 0.0844 e. The van der Waals surface area contributed by atoms with Crippen LogP contribution in [0.1, 0.15) is 54.9 Å². The van der Waals surface area contributed by atoms with E-state index in [9.17, 15) is 0 Å². The average molecular weight is 196 g/mol. The molecule has 0 spiro atoms. The molecule has 0 unspecified atom stereocenters. The zero-order valence-corrected chi connectivity index (χ0v) is 10.7. The van der Waals surface area contributed by atoms with E-state index in [2.05, 4.69) is 54.5 Å². The molecule has 1 heterocycles. The minimum atomic E-state index is -0.0865. The first-order valence-electron chi connectivity index (χ1n) is 5.44. The standard InChI is InChI=1S/C13H24O/c1-11(2,3)8-10-9-12(4,5)14-13(10,6)7/h8H,9H2,1-7H3/b10-8-. The van der Waals surface area contributed by atoms with Crippen molar-refractivity contribution in [3.05, 3.63) is 11.6 Å². The molecule has 1 heteroatoms. The van der Waals surface area contributed by atoms with Crippen LogP contribution < -0.4 is 0 Å². The van der Waals surface area contributed by atoms with Crippen LogP contribution in [0.5, 0.6) is 0 Å². The number of hydrogen-bond donors (Lipinski definition) is 0. The van der Waals surface area contributed by atoms with Crippen LogP contribution in [-0.2, 0) is 4.74 Å². The Labute approximate surface area is 88.5 Å². The molecule has 0 atom stereocenters. The van der Waals surface area contributed by atoms with E-state index in [0.29, 0.717) is 0 Å². The summed E-state index contributed by atoms with van der Waals surface area (Å²) >= 11 is 0. The number of allylic oxidation sites excluding steroid dienone is 1. The van der Waals surface area contributed by atoms with Gasteiger partial charge in [-0.25, -0.2) is 0 Å². The van der Waals surface area contributed by atoms with Gasteiger partial charge in [-0.1, -0.05) is 26.8 Å². The number of ether oxygens (including phenoxy) is 1. The SMILES string of the molecule is CC(C)(C)/C=C1/CC(C)(C)OC1(C)C. The fourth-order valence-electron chi connectivity index (χ4n) is 2.21. The molecule has 1 aliphatic heterocycles. The van der Waals surface area contributed by atoms with Crippen LogP contribution in [0.15, 0.2) is 11.6 Å². The van der Waals surface area contributed by atoms with Crippen LogP contribution in [0.25, 0.3) is 0 Å². The molecule has 14 heavy (non-hydrogen) atoms. The molecule has 0 aromatic heterocycles. The van der Waals surface area contributed by atoms with Crippen LogP contribution >= 0.6 is 0 Å². The summed E-state index contributed by atoms with van der Waals surface area (Å²) in [5, 5.41) is 0. The summed E-state index contributed by atoms with van der Waals surface area (Å²) in [6, 6.07) is 0. The Hall–Kier alpha value is -0.300. The Balaban J connectivity index is 2.97. The second-order valence-electron chi connectivity index (χ2n) is 6.58. The summed E-state index contributed by atoms with van der Waals surface area (Å²) in [5.74, 6) is 0. The average Bonchev–Trinajstić information content (AvgIpc) is 1.94. The van der Waals surface area contributed by atoms with Crippen LogP contribution in [-0.4, -0.2) is 11.2 Å². The lowest BCUT2D eigenvalue weighted by Crippen LogP contribution is -2.26. The van der Waals surface area contributed by atoms with Gasteiger partial charge in [-0.3, -0.25) is 0 Å². The van der Waals surface area contributed by atoms with E-state index in [1.54, 1.807) is 0 Å². The summed E-state index contributed by atoms with van der Waals surface area (Å²) < 4.78 is 6.03. The van der Waals surface area contributed by atoms with E-state index >= 15 is 0 Å². The molecule has 0 bridgehead atoms. The van der Waals surface area contributed by atoms with Crippen molar-refractivity contribution in [3.63, 3.8) is 0 Å². The molecule has 0 saturated carbocycles. The molecule has 0 radical (unpaired) electrons. The van der Waals surface area contributed by atoms with Gasteiger partial charge >= 0.3 is 0 Å². The van der Waals surface area contributed by atoms with Gasteiger partial charge in [-0.15, -0.1) is 0 Å². The topological polar surface area (TPSA) is 9.23 Å². The van der Waals surface area contributed by atoms with Crippen LogP contribution in [0, 0.1) is 5.41 Å². The van der Waals surface area contributed by atoms with Crippen molar-refractivity contribution < 1.29 is 4.74 Å². The highest BCUT2D eigenvalue weighted by molar-refractivity contribution is 5.23. The first-order chi connectivity index (χ1) is 6.02. The minimum Gasteiger partial charge on any atom is -0.365 e. The fourth-order valence-corrected chi connectivity index (χ4v) is 2.21. The third-order valence-corrected chi connectivity index (χ3v) is 2.53. The van der Waals surface area contributed by atoms with Gasteiger partial charge in [-0.05, 0) is 45.1 Å². The summed E-state index contributed by atoms with van der Waals surface area (Å²) in [7, 11) is 0. The quantitative estimate of drug-likeness (QED) is 0.533. The summed E-state index contributed by atoms with van der Waals surface area (Å²) in [6.07, 6.45) is 3.42. The largest absolute Gasteiger partial charge is 0.365 e. The normalized spacial score (nSPS) is 28.4. The van der Waals surface area contributed by atoms with Crippen molar-refractivity contribution in [1.82, 2.24) is 0 Å². The zero-order valence-electron chi connectivity index (χ0n) is 10.7. The Morgan fingerprint density at radius 1 is 1.14 bits per heavy atom. The predicted molar refractivity (Wildman–Crippen MR) is 61.4 cm³/mol. The van der Waals surface area contributed by atoms with E-state index < -0.39 is 0 Å². The molecule has 1 aliphatic rings. The van der Waals surface area contributed by atoms with E-state index in [0.717, 1.165) is 6.42 Å². The monoisotopic (exact) mass is 196 g/mol. The highest BCUT2D eigenvalue weighted by atomic mass is 16.5. The summed E-state index contributed by atoms with van der Waals surface area (Å²) in [4.78, 5) is 0. The lowest BCUT2D eigenvalue weighted by molar-refractivity contribution is -0.0568. The van der Waals surface area contributed by atoms with Gasteiger partial charge in [0.2, 0.25) is 0 Å². The van der Waals surface area contributed by atoms with Gasteiger partial charge in [0.1, 0.15) is 0 Å². The first-order valence-corrected chi connectivity index (χ1v) is 5.44. The molecular formula is C13H24O. The molecule has 0 N–H and O–H groups in total. The predicted octanol–water partition coefficient (Wildman–Crippen LogP) is 3.94. The molecule has 0 amide bonds. The van der Waals surface area contributed by atoms with Gasteiger partial charge in [0.05, 0.1) is 11.2 Å². The van der Waals surface area contributed by atoms with Crippen LogP contribution in [0.4, 0.5) is 0 Å². The Kier molecular flexibility index (Phi) is 2.60. The van der Waals surface area contributed by atoms with E-state index in [1.165, 1.54) is 5.57 Å². The van der Waals surface area contributed by atoms with Gasteiger partial charge in [-0.2, -0.15) is 0 Å². The molecule has 1 fully saturated rings. The second-order valence-corrected chi connectivity index (χ2v) is 6.58. The van der Waals surface area contributed by atoms with Gasteiger partial charge < -0.3 is 4.74 Å². The zero-order chi connectivity index (χ0) is 11.2. The third kappa shape index (κ3) is 2.84. The Morgan fingerprint density at radius 2 is 1.64 bits per heavy atom. The molecule has 0 aromatic carbocycles. The van der Waals surface area contributed by atoms with Crippen molar-refractivity contribution in [1.29, 1.82) is 0 Å². The van der Waals surface area contributed by atoms with Crippen molar-refractivity contribution >= 4 is 0 Å². The fraction of sp³-hybridized carbons (Fsp3) is 0.846. The first kappa shape index (κ1) is 11.8. The minimum absolute atomic E-state index is 0.000579. The lowest BCUT2D eigenvalue weighted by Gasteiger charge is -2.25. The van der Waals surface area contributed by atoms with E-state index in [4.69, 9.17) is 4.74 Å². The maximum atomic E-state index is 6.03. The van der Waals surface area contributed by atoms with Crippen molar-refractivity contribution in [3.8, 4) is 0 Å². The molecule has 82 valence electrons. The second kappa shape index (κ2) is 3.10. The summed E-state index contributed by atoms with van der Waals surface area (Å²) in [6.45, 7) is 15.4. The Bertz CT molecular complexity index is 251. The third-order valence-electron chi connectivity index (χ3n) is 2.53. The lowest BCUT2D eigenvalue weighted by atomic mass is 9.86. The number of hydrogen-bond acceptors (Lipinski definition) is 1. The smallest absolute Gasteiger partial charge is 0.0844 e.